The van der Waals surface area contributed by atoms with Crippen molar-refractivity contribution in [3.63, 3.8) is 0 Å². The minimum Gasteiger partial charge on any atom is -0.495 e. The maximum atomic E-state index is 12.3. The molecular weight excluding hydrogens is 304 g/mol. The fourth-order valence-electron chi connectivity index (χ4n) is 1.96. The van der Waals surface area contributed by atoms with Crippen LogP contribution in [0.3, 0.4) is 0 Å². The zero-order chi connectivity index (χ0) is 17.5. The number of carbonyl (C=O) groups is 1. The van der Waals surface area contributed by atoms with E-state index >= 15 is 0 Å². The van der Waals surface area contributed by atoms with Crippen LogP contribution >= 0.6 is 0 Å². The molecule has 0 atom stereocenters. The molecule has 0 fully saturated rings. The molecule has 0 aliphatic heterocycles. The molecule has 122 valence electrons. The molecule has 2 N–H and O–H groups in total. The first kappa shape index (κ1) is 17.0. The molecule has 6 heteroatoms. The standard InChI is InChI=1S/C18H18N4O2/c1-12-4-6-16(24-3)15(8-12)22-18(23)14(9-19)11-21-17-7-5-13(2)10-20-17/h4-8,10-11H,1-3H3,(H,20,21)(H,22,23)/b14-11-. The molecule has 0 saturated carbocycles. The summed E-state index contributed by atoms with van der Waals surface area (Å²) in [5, 5.41) is 14.7. The Morgan fingerprint density at radius 3 is 2.62 bits per heavy atom. The number of carbonyl (C=O) groups excluding carboxylic acids is 1. The second kappa shape index (κ2) is 7.79. The summed E-state index contributed by atoms with van der Waals surface area (Å²) in [4.78, 5) is 16.4. The molecule has 0 unspecified atom stereocenters. The van der Waals surface area contributed by atoms with Crippen molar-refractivity contribution in [3.05, 3.63) is 59.4 Å². The Morgan fingerprint density at radius 1 is 1.25 bits per heavy atom. The molecule has 0 aliphatic rings. The van der Waals surface area contributed by atoms with Crippen LogP contribution in [0, 0.1) is 25.2 Å². The maximum Gasteiger partial charge on any atom is 0.267 e. The maximum absolute atomic E-state index is 12.3. The van der Waals surface area contributed by atoms with Crippen molar-refractivity contribution in [1.29, 1.82) is 5.26 Å². The number of aromatic nitrogens is 1. The van der Waals surface area contributed by atoms with Crippen LogP contribution in [0.2, 0.25) is 0 Å². The first-order valence-corrected chi connectivity index (χ1v) is 7.29. The van der Waals surface area contributed by atoms with Gasteiger partial charge in [-0.3, -0.25) is 4.79 Å². The number of nitriles is 1. The van der Waals surface area contributed by atoms with E-state index in [1.807, 2.05) is 32.0 Å². The molecule has 2 aromatic rings. The van der Waals surface area contributed by atoms with Crippen molar-refractivity contribution in [2.45, 2.75) is 13.8 Å². The van der Waals surface area contributed by atoms with Crippen LogP contribution in [-0.2, 0) is 4.79 Å². The van der Waals surface area contributed by atoms with Crippen molar-refractivity contribution in [1.82, 2.24) is 4.98 Å². The molecule has 24 heavy (non-hydrogen) atoms. The molecule has 0 aliphatic carbocycles. The number of rotatable bonds is 5. The van der Waals surface area contributed by atoms with Crippen molar-refractivity contribution < 1.29 is 9.53 Å². The number of hydrogen-bond donors (Lipinski definition) is 2. The summed E-state index contributed by atoms with van der Waals surface area (Å²) >= 11 is 0. The highest BCUT2D eigenvalue weighted by molar-refractivity contribution is 6.07. The lowest BCUT2D eigenvalue weighted by Gasteiger charge is -2.10. The average Bonchev–Trinajstić information content (AvgIpc) is 2.57. The van der Waals surface area contributed by atoms with Gasteiger partial charge in [-0.05, 0) is 43.2 Å². The summed E-state index contributed by atoms with van der Waals surface area (Å²) in [5.41, 5.74) is 2.43. The molecule has 6 nitrogen and oxygen atoms in total. The molecule has 2 rings (SSSR count). The highest BCUT2D eigenvalue weighted by Gasteiger charge is 2.12. The van der Waals surface area contributed by atoms with E-state index in [2.05, 4.69) is 15.6 Å². The van der Waals surface area contributed by atoms with Crippen LogP contribution in [0.25, 0.3) is 0 Å². The largest absolute Gasteiger partial charge is 0.495 e. The molecule has 1 amide bonds. The van der Waals surface area contributed by atoms with Crippen LogP contribution < -0.4 is 15.4 Å². The summed E-state index contributed by atoms with van der Waals surface area (Å²) in [6.45, 7) is 3.83. The Labute approximate surface area is 140 Å². The predicted octanol–water partition coefficient (Wildman–Crippen LogP) is 3.17. The Balaban J connectivity index is 2.14. The van der Waals surface area contributed by atoms with Gasteiger partial charge in [0.25, 0.3) is 5.91 Å². The van der Waals surface area contributed by atoms with E-state index in [1.165, 1.54) is 13.3 Å². The number of amides is 1. The van der Waals surface area contributed by atoms with Gasteiger partial charge >= 0.3 is 0 Å². The molecule has 1 aromatic carbocycles. The number of ether oxygens (including phenoxy) is 1. The Morgan fingerprint density at radius 2 is 2.00 bits per heavy atom. The third-order valence-corrected chi connectivity index (χ3v) is 3.24. The zero-order valence-electron chi connectivity index (χ0n) is 13.8. The number of anilines is 2. The number of nitrogens with zero attached hydrogens (tertiary/aromatic N) is 2. The SMILES string of the molecule is COc1ccc(C)cc1NC(=O)/C(C#N)=C\Nc1ccc(C)cn1. The molecule has 0 bridgehead atoms. The number of benzene rings is 1. The van der Waals surface area contributed by atoms with E-state index < -0.39 is 5.91 Å². The first-order chi connectivity index (χ1) is 11.5. The summed E-state index contributed by atoms with van der Waals surface area (Å²) in [7, 11) is 1.52. The molecular formula is C18H18N4O2. The van der Waals surface area contributed by atoms with Crippen molar-refractivity contribution in [2.75, 3.05) is 17.7 Å². The van der Waals surface area contributed by atoms with E-state index in [4.69, 9.17) is 4.74 Å². The second-order valence-electron chi connectivity index (χ2n) is 5.19. The molecule has 0 spiro atoms. The predicted molar refractivity (Wildman–Crippen MR) is 92.7 cm³/mol. The molecule has 1 heterocycles. The van der Waals surface area contributed by atoms with Crippen molar-refractivity contribution in [3.8, 4) is 11.8 Å². The van der Waals surface area contributed by atoms with Gasteiger partial charge in [0.05, 0.1) is 12.8 Å². The van der Waals surface area contributed by atoms with Gasteiger partial charge in [0.1, 0.15) is 23.2 Å². The third kappa shape index (κ3) is 4.34. The average molecular weight is 322 g/mol. The summed E-state index contributed by atoms with van der Waals surface area (Å²) in [6.07, 6.45) is 3.02. The van der Waals surface area contributed by atoms with Crippen LogP contribution in [0.15, 0.2) is 48.3 Å². The fraction of sp³-hybridized carbons (Fsp3) is 0.167. The van der Waals surface area contributed by atoms with Crippen LogP contribution in [0.5, 0.6) is 5.75 Å². The number of methoxy groups -OCH3 is 1. The lowest BCUT2D eigenvalue weighted by atomic mass is 10.2. The van der Waals surface area contributed by atoms with Crippen molar-refractivity contribution in [2.24, 2.45) is 0 Å². The molecule has 1 aromatic heterocycles. The quantitative estimate of drug-likeness (QED) is 0.652. The smallest absolute Gasteiger partial charge is 0.267 e. The Kier molecular flexibility index (Phi) is 5.53. The van der Waals surface area contributed by atoms with E-state index in [0.29, 0.717) is 17.3 Å². The van der Waals surface area contributed by atoms with Crippen LogP contribution in [0.4, 0.5) is 11.5 Å². The number of hydrogen-bond acceptors (Lipinski definition) is 5. The van der Waals surface area contributed by atoms with Gasteiger partial charge in [-0.25, -0.2) is 4.98 Å². The number of nitrogens with one attached hydrogen (secondary N) is 2. The lowest BCUT2D eigenvalue weighted by Crippen LogP contribution is -2.15. The lowest BCUT2D eigenvalue weighted by molar-refractivity contribution is -0.112. The number of aryl methyl sites for hydroxylation is 2. The van der Waals surface area contributed by atoms with Gasteiger partial charge in [-0.15, -0.1) is 0 Å². The number of pyridine rings is 1. The Hall–Kier alpha value is -3.33. The van der Waals surface area contributed by atoms with Crippen LogP contribution in [-0.4, -0.2) is 18.0 Å². The normalized spacial score (nSPS) is 10.7. The van der Waals surface area contributed by atoms with Gasteiger partial charge in [0.2, 0.25) is 0 Å². The summed E-state index contributed by atoms with van der Waals surface area (Å²) in [5.74, 6) is 0.551. The minimum atomic E-state index is -0.527. The van der Waals surface area contributed by atoms with E-state index in [0.717, 1.165) is 11.1 Å². The minimum absolute atomic E-state index is 0.0686. The molecule has 0 saturated heterocycles. The fourth-order valence-corrected chi connectivity index (χ4v) is 1.96. The second-order valence-corrected chi connectivity index (χ2v) is 5.19. The Bertz CT molecular complexity index is 805. The van der Waals surface area contributed by atoms with Crippen LogP contribution in [0.1, 0.15) is 11.1 Å². The highest BCUT2D eigenvalue weighted by atomic mass is 16.5. The zero-order valence-corrected chi connectivity index (χ0v) is 13.8. The highest BCUT2D eigenvalue weighted by Crippen LogP contribution is 2.25. The van der Waals surface area contributed by atoms with Gasteiger partial charge in [0.15, 0.2) is 0 Å². The van der Waals surface area contributed by atoms with E-state index in [-0.39, 0.29) is 5.57 Å². The van der Waals surface area contributed by atoms with E-state index in [1.54, 1.807) is 24.4 Å². The van der Waals surface area contributed by atoms with Gasteiger partial charge in [-0.2, -0.15) is 5.26 Å². The van der Waals surface area contributed by atoms with Crippen molar-refractivity contribution >= 4 is 17.4 Å². The topological polar surface area (TPSA) is 87.0 Å². The first-order valence-electron chi connectivity index (χ1n) is 7.29. The summed E-state index contributed by atoms with van der Waals surface area (Å²) in [6, 6.07) is 10.9. The van der Waals surface area contributed by atoms with Gasteiger partial charge < -0.3 is 15.4 Å². The summed E-state index contributed by atoms with van der Waals surface area (Å²) < 4.78 is 5.21. The van der Waals surface area contributed by atoms with E-state index in [9.17, 15) is 10.1 Å². The molecule has 0 radical (unpaired) electrons. The van der Waals surface area contributed by atoms with Gasteiger partial charge in [-0.1, -0.05) is 12.1 Å². The monoisotopic (exact) mass is 322 g/mol. The van der Waals surface area contributed by atoms with Gasteiger partial charge in [0, 0.05) is 12.4 Å². The third-order valence-electron chi connectivity index (χ3n) is 3.24.